The first-order chi connectivity index (χ1) is 23.0. The number of hydrogen-bond donors (Lipinski definition) is 1. The van der Waals surface area contributed by atoms with Gasteiger partial charge in [0.2, 0.25) is 0 Å². The van der Waals surface area contributed by atoms with Crippen LogP contribution in [0.5, 0.6) is 28.7 Å². The van der Waals surface area contributed by atoms with Crippen LogP contribution in [0, 0.1) is 0 Å². The molecule has 0 saturated carbocycles. The van der Waals surface area contributed by atoms with Crippen LogP contribution < -0.4 is 29.0 Å². The summed E-state index contributed by atoms with van der Waals surface area (Å²) >= 11 is 0. The Morgan fingerprint density at radius 1 is 0.490 bits per heavy atom. The van der Waals surface area contributed by atoms with Gasteiger partial charge in [-0.25, -0.2) is 0 Å². The first kappa shape index (κ1) is 35.6. The maximum absolute atomic E-state index is 11.7. The Bertz CT molecular complexity index is 1780. The van der Waals surface area contributed by atoms with E-state index in [9.17, 15) is 5.11 Å². The predicted molar refractivity (Wildman–Crippen MR) is 203 cm³/mol. The molecule has 5 rings (SSSR count). The molecule has 5 aromatic rings. The molecular formula is C43H50O5Si. The van der Waals surface area contributed by atoms with Crippen molar-refractivity contribution in [3.05, 3.63) is 138 Å². The van der Waals surface area contributed by atoms with Gasteiger partial charge >= 0.3 is 0 Å². The zero-order valence-electron chi connectivity index (χ0n) is 30.3. The summed E-state index contributed by atoms with van der Waals surface area (Å²) in [6, 6.07) is 40.6. The number of ether oxygens (including phenoxy) is 3. The van der Waals surface area contributed by atoms with Gasteiger partial charge in [-0.1, -0.05) is 84.9 Å². The van der Waals surface area contributed by atoms with Gasteiger partial charge in [-0.15, -0.1) is 0 Å². The molecule has 5 aromatic carbocycles. The van der Waals surface area contributed by atoms with Crippen molar-refractivity contribution in [1.29, 1.82) is 0 Å². The van der Waals surface area contributed by atoms with Crippen molar-refractivity contribution in [1.82, 2.24) is 0 Å². The van der Waals surface area contributed by atoms with Gasteiger partial charge in [-0.2, -0.15) is 0 Å². The lowest BCUT2D eigenvalue weighted by Crippen LogP contribution is -2.47. The van der Waals surface area contributed by atoms with Crippen molar-refractivity contribution in [2.45, 2.75) is 85.0 Å². The second-order valence-corrected chi connectivity index (χ2v) is 17.7. The van der Waals surface area contributed by atoms with Crippen LogP contribution in [0.15, 0.2) is 121 Å². The number of rotatable bonds is 10. The van der Waals surface area contributed by atoms with E-state index in [2.05, 4.69) is 66.7 Å². The molecule has 0 spiro atoms. The Morgan fingerprint density at radius 3 is 1.39 bits per heavy atom. The summed E-state index contributed by atoms with van der Waals surface area (Å²) in [6.07, 6.45) is 0. The standard InChI is InChI=1S/C43H50O5Si/c1-41(2,3)45-31-22-20-30(21-23-31)40(36-26-24-32(28-38(36)44)46-42(4,5)6)37-27-25-33(47-43(7,8)9)29-39(37)48-49(34-16-12-10-13-17-34)35-18-14-11-15-19-35/h10-29,40,44,49H,1-9H3. The van der Waals surface area contributed by atoms with Crippen LogP contribution in [0.4, 0.5) is 0 Å². The Labute approximate surface area is 294 Å². The van der Waals surface area contributed by atoms with Gasteiger partial charge in [0.1, 0.15) is 45.6 Å². The normalized spacial score (nSPS) is 12.8. The number of aromatic hydroxyl groups is 1. The molecule has 0 fully saturated rings. The minimum Gasteiger partial charge on any atom is -0.537 e. The molecule has 6 heteroatoms. The molecule has 49 heavy (non-hydrogen) atoms. The van der Waals surface area contributed by atoms with E-state index >= 15 is 0 Å². The maximum atomic E-state index is 11.7. The lowest BCUT2D eigenvalue weighted by atomic mass is 9.84. The molecule has 0 aliphatic rings. The van der Waals surface area contributed by atoms with Crippen LogP contribution in [0.1, 0.15) is 84.9 Å². The van der Waals surface area contributed by atoms with Crippen LogP contribution in [0.2, 0.25) is 0 Å². The summed E-state index contributed by atoms with van der Waals surface area (Å²) in [5, 5.41) is 14.0. The SMILES string of the molecule is CC(C)(C)Oc1ccc(C(c2ccc(OC(C)(C)C)cc2O)c2ccc(OC(C)(C)C)cc2O[SiH](c2ccccc2)c2ccccc2)cc1. The van der Waals surface area contributed by atoms with Crippen molar-refractivity contribution in [3.63, 3.8) is 0 Å². The van der Waals surface area contributed by atoms with Crippen molar-refractivity contribution >= 4 is 19.4 Å². The molecule has 1 unspecified atom stereocenters. The van der Waals surface area contributed by atoms with E-state index in [1.165, 1.54) is 0 Å². The molecule has 256 valence electrons. The van der Waals surface area contributed by atoms with Crippen LogP contribution in [0.3, 0.4) is 0 Å². The minimum absolute atomic E-state index is 0.141. The van der Waals surface area contributed by atoms with E-state index in [4.69, 9.17) is 18.6 Å². The highest BCUT2D eigenvalue weighted by Crippen LogP contribution is 2.44. The van der Waals surface area contributed by atoms with Crippen LogP contribution in [-0.4, -0.2) is 30.9 Å². The fourth-order valence-electron chi connectivity index (χ4n) is 5.78. The van der Waals surface area contributed by atoms with E-state index in [-0.39, 0.29) is 17.3 Å². The molecule has 0 amide bonds. The topological polar surface area (TPSA) is 57.2 Å². The largest absolute Gasteiger partial charge is 0.537 e. The number of phenolic OH excluding ortho intramolecular Hbond substituents is 1. The number of phenols is 1. The molecule has 0 heterocycles. The molecule has 0 aliphatic heterocycles. The van der Waals surface area contributed by atoms with Crippen LogP contribution in [-0.2, 0) is 0 Å². The highest BCUT2D eigenvalue weighted by Gasteiger charge is 2.29. The van der Waals surface area contributed by atoms with Crippen molar-refractivity contribution in [3.8, 4) is 28.7 Å². The lowest BCUT2D eigenvalue weighted by Gasteiger charge is -2.28. The second kappa shape index (κ2) is 14.4. The number of benzene rings is 5. The Kier molecular flexibility index (Phi) is 10.5. The van der Waals surface area contributed by atoms with E-state index < -0.39 is 20.2 Å². The molecule has 1 N–H and O–H groups in total. The second-order valence-electron chi connectivity index (χ2n) is 15.4. The summed E-state index contributed by atoms with van der Waals surface area (Å²) in [5.74, 6) is 2.56. The third-order valence-corrected chi connectivity index (χ3v) is 10.0. The highest BCUT2D eigenvalue weighted by atomic mass is 28.3. The van der Waals surface area contributed by atoms with E-state index in [0.717, 1.165) is 32.8 Å². The Balaban J connectivity index is 1.70. The summed E-state index contributed by atoms with van der Waals surface area (Å²) in [6.45, 7) is 18.2. The van der Waals surface area contributed by atoms with Crippen LogP contribution in [0.25, 0.3) is 0 Å². The van der Waals surface area contributed by atoms with E-state index in [1.54, 1.807) is 6.07 Å². The maximum Gasteiger partial charge on any atom is 0.299 e. The van der Waals surface area contributed by atoms with E-state index in [0.29, 0.717) is 17.2 Å². The molecular weight excluding hydrogens is 625 g/mol. The monoisotopic (exact) mass is 674 g/mol. The highest BCUT2D eigenvalue weighted by molar-refractivity contribution is 6.80. The molecule has 0 radical (unpaired) electrons. The third kappa shape index (κ3) is 9.92. The average Bonchev–Trinajstić information content (AvgIpc) is 3.01. The van der Waals surface area contributed by atoms with Gasteiger partial charge in [0.05, 0.1) is 0 Å². The first-order valence-electron chi connectivity index (χ1n) is 17.0. The predicted octanol–water partition coefficient (Wildman–Crippen LogP) is 9.02. The zero-order chi connectivity index (χ0) is 35.4. The van der Waals surface area contributed by atoms with Crippen LogP contribution >= 0.6 is 0 Å². The summed E-state index contributed by atoms with van der Waals surface area (Å²) < 4.78 is 25.9. The molecule has 1 atom stereocenters. The first-order valence-corrected chi connectivity index (χ1v) is 18.6. The van der Waals surface area contributed by atoms with Gasteiger partial charge in [-0.05, 0) is 103 Å². The minimum atomic E-state index is -2.24. The van der Waals surface area contributed by atoms with Crippen molar-refractivity contribution in [2.24, 2.45) is 0 Å². The summed E-state index contributed by atoms with van der Waals surface area (Å²) in [5.41, 5.74) is 1.48. The van der Waals surface area contributed by atoms with Crippen molar-refractivity contribution in [2.75, 3.05) is 0 Å². The lowest BCUT2D eigenvalue weighted by molar-refractivity contribution is 0.130. The van der Waals surface area contributed by atoms with Crippen molar-refractivity contribution < 1.29 is 23.7 Å². The third-order valence-electron chi connectivity index (χ3n) is 7.54. The van der Waals surface area contributed by atoms with Gasteiger partial charge in [-0.3, -0.25) is 0 Å². The Hall–Kier alpha value is -4.68. The molecule has 0 saturated heterocycles. The fourth-order valence-corrected chi connectivity index (χ4v) is 8.04. The smallest absolute Gasteiger partial charge is 0.299 e. The number of hydrogen-bond acceptors (Lipinski definition) is 5. The molecule has 5 nitrogen and oxygen atoms in total. The summed E-state index contributed by atoms with van der Waals surface area (Å²) in [7, 11) is -2.24. The summed E-state index contributed by atoms with van der Waals surface area (Å²) in [4.78, 5) is 0. The molecule has 0 bridgehead atoms. The Morgan fingerprint density at radius 2 is 0.918 bits per heavy atom. The molecule has 0 aromatic heterocycles. The quantitative estimate of drug-likeness (QED) is 0.118. The van der Waals surface area contributed by atoms with Gasteiger partial charge < -0.3 is 23.7 Å². The van der Waals surface area contributed by atoms with Gasteiger partial charge in [0.15, 0.2) is 0 Å². The van der Waals surface area contributed by atoms with Gasteiger partial charge in [0, 0.05) is 29.2 Å². The van der Waals surface area contributed by atoms with Gasteiger partial charge in [0.25, 0.3) is 9.04 Å². The fraction of sp³-hybridized carbons (Fsp3) is 0.302. The zero-order valence-corrected chi connectivity index (χ0v) is 31.4. The average molecular weight is 675 g/mol. The molecule has 0 aliphatic carbocycles. The van der Waals surface area contributed by atoms with E-state index in [1.807, 2.05) is 111 Å².